The van der Waals surface area contributed by atoms with Gasteiger partial charge in [-0.05, 0) is 30.3 Å². The highest BCUT2D eigenvalue weighted by Gasteiger charge is 2.19. The standard InChI is InChI=1S/C12H20O/c1-9-5-6-11(13)7-10(9)8-12(2,3)4/h8,11,13H,1,5-7H2,2-4H3/b10-8-/t11-/m1/s1. The molecule has 0 heterocycles. The van der Waals surface area contributed by atoms with Gasteiger partial charge < -0.3 is 5.11 Å². The van der Waals surface area contributed by atoms with Gasteiger partial charge in [0.25, 0.3) is 0 Å². The lowest BCUT2D eigenvalue weighted by molar-refractivity contribution is 0.157. The topological polar surface area (TPSA) is 20.2 Å². The predicted octanol–water partition coefficient (Wildman–Crippen LogP) is 3.06. The largest absolute Gasteiger partial charge is 0.393 e. The molecule has 1 atom stereocenters. The molecule has 74 valence electrons. The number of aliphatic hydroxyl groups is 1. The van der Waals surface area contributed by atoms with Crippen LogP contribution in [0, 0.1) is 5.41 Å². The second-order valence-electron chi connectivity index (χ2n) is 5.04. The Balaban J connectivity index is 2.77. The van der Waals surface area contributed by atoms with Crippen LogP contribution in [-0.4, -0.2) is 11.2 Å². The highest BCUT2D eigenvalue weighted by molar-refractivity contribution is 5.32. The summed E-state index contributed by atoms with van der Waals surface area (Å²) in [6.45, 7) is 10.6. The molecule has 0 aromatic carbocycles. The van der Waals surface area contributed by atoms with E-state index in [1.807, 2.05) is 0 Å². The molecule has 1 rings (SSSR count). The monoisotopic (exact) mass is 180 g/mol. The van der Waals surface area contributed by atoms with E-state index in [9.17, 15) is 5.11 Å². The van der Waals surface area contributed by atoms with Gasteiger partial charge >= 0.3 is 0 Å². The zero-order chi connectivity index (χ0) is 10.1. The van der Waals surface area contributed by atoms with Crippen LogP contribution >= 0.6 is 0 Å². The molecule has 13 heavy (non-hydrogen) atoms. The van der Waals surface area contributed by atoms with Gasteiger partial charge in [0.1, 0.15) is 0 Å². The van der Waals surface area contributed by atoms with E-state index in [4.69, 9.17) is 0 Å². The molecular formula is C12H20O. The van der Waals surface area contributed by atoms with E-state index in [-0.39, 0.29) is 11.5 Å². The summed E-state index contributed by atoms with van der Waals surface area (Å²) in [5.74, 6) is 0. The average Bonchev–Trinajstić information content (AvgIpc) is 1.94. The van der Waals surface area contributed by atoms with E-state index in [1.54, 1.807) is 0 Å². The smallest absolute Gasteiger partial charge is 0.0583 e. The summed E-state index contributed by atoms with van der Waals surface area (Å²) in [7, 11) is 0. The van der Waals surface area contributed by atoms with Crippen molar-refractivity contribution in [1.29, 1.82) is 0 Å². The number of allylic oxidation sites excluding steroid dienone is 2. The van der Waals surface area contributed by atoms with Crippen LogP contribution in [0.15, 0.2) is 23.8 Å². The Morgan fingerprint density at radius 3 is 2.62 bits per heavy atom. The van der Waals surface area contributed by atoms with E-state index in [0.717, 1.165) is 19.3 Å². The lowest BCUT2D eigenvalue weighted by Crippen LogP contribution is -2.16. The van der Waals surface area contributed by atoms with Gasteiger partial charge in [0.2, 0.25) is 0 Å². The summed E-state index contributed by atoms with van der Waals surface area (Å²) in [6.07, 6.45) is 4.69. The summed E-state index contributed by atoms with van der Waals surface area (Å²) in [5, 5.41) is 9.51. The molecule has 1 heteroatoms. The molecule has 0 aliphatic heterocycles. The lowest BCUT2D eigenvalue weighted by atomic mass is 9.83. The van der Waals surface area contributed by atoms with Crippen molar-refractivity contribution in [3.63, 3.8) is 0 Å². The van der Waals surface area contributed by atoms with E-state index < -0.39 is 0 Å². The first-order valence-corrected chi connectivity index (χ1v) is 4.96. The fourth-order valence-corrected chi connectivity index (χ4v) is 1.69. The maximum atomic E-state index is 9.51. The van der Waals surface area contributed by atoms with Crippen molar-refractivity contribution in [2.24, 2.45) is 5.41 Å². The highest BCUT2D eigenvalue weighted by atomic mass is 16.3. The molecule has 0 amide bonds. The Morgan fingerprint density at radius 2 is 2.08 bits per heavy atom. The summed E-state index contributed by atoms with van der Waals surface area (Å²) in [5.41, 5.74) is 2.65. The molecule has 0 saturated heterocycles. The molecule has 1 fully saturated rings. The Labute approximate surface area is 81.2 Å². The van der Waals surface area contributed by atoms with Crippen molar-refractivity contribution in [1.82, 2.24) is 0 Å². The third-order valence-electron chi connectivity index (χ3n) is 2.30. The molecule has 0 aromatic heterocycles. The minimum atomic E-state index is -0.154. The first-order valence-electron chi connectivity index (χ1n) is 4.96. The zero-order valence-corrected chi connectivity index (χ0v) is 8.93. The molecule has 0 bridgehead atoms. The van der Waals surface area contributed by atoms with E-state index in [2.05, 4.69) is 33.4 Å². The first-order chi connectivity index (χ1) is 5.88. The summed E-state index contributed by atoms with van der Waals surface area (Å²) in [4.78, 5) is 0. The summed E-state index contributed by atoms with van der Waals surface area (Å²) >= 11 is 0. The second-order valence-corrected chi connectivity index (χ2v) is 5.04. The fraction of sp³-hybridized carbons (Fsp3) is 0.667. The van der Waals surface area contributed by atoms with Crippen LogP contribution in [-0.2, 0) is 0 Å². The second kappa shape index (κ2) is 3.67. The maximum Gasteiger partial charge on any atom is 0.0583 e. The lowest BCUT2D eigenvalue weighted by Gasteiger charge is -2.25. The van der Waals surface area contributed by atoms with Crippen LogP contribution in [0.3, 0.4) is 0 Å². The molecule has 1 aliphatic carbocycles. The number of rotatable bonds is 0. The number of hydrogen-bond donors (Lipinski definition) is 1. The average molecular weight is 180 g/mol. The van der Waals surface area contributed by atoms with E-state index in [1.165, 1.54) is 11.1 Å². The van der Waals surface area contributed by atoms with Crippen LogP contribution in [0.2, 0.25) is 0 Å². The third kappa shape index (κ3) is 3.35. The van der Waals surface area contributed by atoms with Crippen molar-refractivity contribution in [2.45, 2.75) is 46.1 Å². The molecule has 0 spiro atoms. The van der Waals surface area contributed by atoms with Gasteiger partial charge in [-0.1, -0.05) is 39.0 Å². The van der Waals surface area contributed by atoms with Crippen molar-refractivity contribution in [3.8, 4) is 0 Å². The fourth-order valence-electron chi connectivity index (χ4n) is 1.69. The van der Waals surface area contributed by atoms with Gasteiger partial charge in [-0.25, -0.2) is 0 Å². The molecule has 1 nitrogen and oxygen atoms in total. The molecule has 1 saturated carbocycles. The predicted molar refractivity (Wildman–Crippen MR) is 56.5 cm³/mol. The van der Waals surface area contributed by atoms with E-state index in [0.29, 0.717) is 0 Å². The van der Waals surface area contributed by atoms with Gasteiger partial charge in [-0.15, -0.1) is 0 Å². The molecule has 1 aliphatic rings. The number of hydrogen-bond acceptors (Lipinski definition) is 1. The molecule has 0 unspecified atom stereocenters. The maximum absolute atomic E-state index is 9.51. The minimum absolute atomic E-state index is 0.154. The van der Waals surface area contributed by atoms with Crippen molar-refractivity contribution in [2.75, 3.05) is 0 Å². The quantitative estimate of drug-likeness (QED) is 0.607. The molecule has 0 radical (unpaired) electrons. The third-order valence-corrected chi connectivity index (χ3v) is 2.30. The van der Waals surface area contributed by atoms with Gasteiger partial charge in [0, 0.05) is 0 Å². The molecule has 0 aromatic rings. The van der Waals surface area contributed by atoms with Crippen LogP contribution in [0.5, 0.6) is 0 Å². The van der Waals surface area contributed by atoms with Gasteiger partial charge in [-0.3, -0.25) is 0 Å². The Kier molecular flexibility index (Phi) is 2.97. The molecule has 1 N–H and O–H groups in total. The normalized spacial score (nSPS) is 28.2. The van der Waals surface area contributed by atoms with Crippen LogP contribution in [0.25, 0.3) is 0 Å². The Hall–Kier alpha value is -0.560. The van der Waals surface area contributed by atoms with Crippen LogP contribution in [0.4, 0.5) is 0 Å². The van der Waals surface area contributed by atoms with E-state index >= 15 is 0 Å². The van der Waals surface area contributed by atoms with Gasteiger partial charge in [0.15, 0.2) is 0 Å². The highest BCUT2D eigenvalue weighted by Crippen LogP contribution is 2.31. The molecular weight excluding hydrogens is 160 g/mol. The van der Waals surface area contributed by atoms with Crippen molar-refractivity contribution in [3.05, 3.63) is 23.8 Å². The first kappa shape index (κ1) is 10.5. The van der Waals surface area contributed by atoms with Crippen molar-refractivity contribution >= 4 is 0 Å². The van der Waals surface area contributed by atoms with Crippen LogP contribution in [0.1, 0.15) is 40.0 Å². The zero-order valence-electron chi connectivity index (χ0n) is 8.93. The Morgan fingerprint density at radius 1 is 1.46 bits per heavy atom. The van der Waals surface area contributed by atoms with Crippen molar-refractivity contribution < 1.29 is 5.11 Å². The summed E-state index contributed by atoms with van der Waals surface area (Å²) in [6, 6.07) is 0. The summed E-state index contributed by atoms with van der Waals surface area (Å²) < 4.78 is 0. The van der Waals surface area contributed by atoms with Gasteiger partial charge in [0.05, 0.1) is 6.10 Å². The number of aliphatic hydroxyl groups excluding tert-OH is 1. The SMILES string of the molecule is C=C1CC[C@@H](O)C/C1=C/C(C)(C)C. The van der Waals surface area contributed by atoms with Gasteiger partial charge in [-0.2, -0.15) is 0 Å². The minimum Gasteiger partial charge on any atom is -0.393 e. The van der Waals surface area contributed by atoms with Crippen LogP contribution < -0.4 is 0 Å². The Bertz CT molecular complexity index is 230.